The van der Waals surface area contributed by atoms with Crippen LogP contribution in [0, 0.1) is 0 Å². The van der Waals surface area contributed by atoms with Crippen LogP contribution in [0.15, 0.2) is 54.9 Å². The van der Waals surface area contributed by atoms with Gasteiger partial charge in [0.15, 0.2) is 15.6 Å². The minimum Gasteiger partial charge on any atom is -0.369 e. The largest absolute Gasteiger partial charge is 0.369 e. The quantitative estimate of drug-likeness (QED) is 0.517. The summed E-state index contributed by atoms with van der Waals surface area (Å²) in [5, 5.41) is 3.79. The van der Waals surface area contributed by atoms with Gasteiger partial charge in [-0.2, -0.15) is 0 Å². The Morgan fingerprint density at radius 3 is 2.28 bits per heavy atom. The number of aromatic nitrogens is 2. The fourth-order valence-electron chi connectivity index (χ4n) is 3.48. The summed E-state index contributed by atoms with van der Waals surface area (Å²) in [7, 11) is -2.95. The number of pyridine rings is 2. The van der Waals surface area contributed by atoms with Gasteiger partial charge in [-0.3, -0.25) is 4.79 Å². The molecule has 2 aromatic heterocycles. The molecule has 0 unspecified atom stereocenters. The van der Waals surface area contributed by atoms with Crippen LogP contribution in [0.4, 0.5) is 17.3 Å². The highest BCUT2D eigenvalue weighted by molar-refractivity contribution is 7.91. The summed E-state index contributed by atoms with van der Waals surface area (Å²) in [5.74, 6) is 1.21. The molecule has 1 fully saturated rings. The van der Waals surface area contributed by atoms with E-state index in [1.54, 1.807) is 42.7 Å². The number of hydrogen-bond donors (Lipinski definition) is 1. The molecule has 0 radical (unpaired) electrons. The molecule has 0 amide bonds. The van der Waals surface area contributed by atoms with Crippen LogP contribution in [-0.4, -0.2) is 48.8 Å². The fourth-order valence-corrected chi connectivity index (χ4v) is 5.29. The summed E-state index contributed by atoms with van der Waals surface area (Å²) in [6.07, 6.45) is 3.39. The van der Waals surface area contributed by atoms with Gasteiger partial charge in [-0.1, -0.05) is 29.3 Å². The number of rotatable bonds is 6. The first kappa shape index (κ1) is 22.5. The Bertz CT molecular complexity index is 1230. The van der Waals surface area contributed by atoms with E-state index in [9.17, 15) is 13.2 Å². The lowest BCUT2D eigenvalue weighted by molar-refractivity contribution is 0.0993. The third-order valence-corrected chi connectivity index (χ3v) is 7.38. The van der Waals surface area contributed by atoms with E-state index in [0.29, 0.717) is 40.3 Å². The molecule has 0 bridgehead atoms. The van der Waals surface area contributed by atoms with E-state index in [1.807, 2.05) is 17.0 Å². The second-order valence-electron chi connectivity index (χ2n) is 7.41. The van der Waals surface area contributed by atoms with Crippen molar-refractivity contribution in [2.45, 2.75) is 6.42 Å². The monoisotopic (exact) mass is 490 g/mol. The minimum absolute atomic E-state index is 0.121. The van der Waals surface area contributed by atoms with Crippen LogP contribution in [0.2, 0.25) is 10.0 Å². The first-order valence-corrected chi connectivity index (χ1v) is 12.5. The molecule has 0 aliphatic carbocycles. The standard InChI is InChI=1S/C22H20Cl2N4O3S/c23-17-2-1-3-18(24)22(17)19(29)12-15-4-6-25-20(13-15)27-21-14-16(5-7-26-21)28-8-10-32(30,31)11-9-28/h1-7,13-14H,8-12H2,(H,25,26,27). The summed E-state index contributed by atoms with van der Waals surface area (Å²) in [6.45, 7) is 0.901. The van der Waals surface area contributed by atoms with Gasteiger partial charge in [-0.05, 0) is 35.9 Å². The lowest BCUT2D eigenvalue weighted by Crippen LogP contribution is -2.40. The molecule has 7 nitrogen and oxygen atoms in total. The maximum atomic E-state index is 12.7. The summed E-state index contributed by atoms with van der Waals surface area (Å²) < 4.78 is 23.3. The van der Waals surface area contributed by atoms with Gasteiger partial charge in [0, 0.05) is 43.7 Å². The van der Waals surface area contributed by atoms with E-state index < -0.39 is 9.84 Å². The van der Waals surface area contributed by atoms with Crippen molar-refractivity contribution in [1.82, 2.24) is 9.97 Å². The molecule has 166 valence electrons. The van der Waals surface area contributed by atoms with Crippen molar-refractivity contribution in [3.8, 4) is 0 Å². The van der Waals surface area contributed by atoms with Crippen LogP contribution in [-0.2, 0) is 16.3 Å². The van der Waals surface area contributed by atoms with Crippen molar-refractivity contribution >= 4 is 56.1 Å². The zero-order valence-corrected chi connectivity index (χ0v) is 19.3. The number of nitrogens with zero attached hydrogens (tertiary/aromatic N) is 3. The molecule has 0 saturated carbocycles. The molecule has 4 rings (SSSR count). The Morgan fingerprint density at radius 2 is 1.59 bits per heavy atom. The average Bonchev–Trinajstić information content (AvgIpc) is 2.74. The first-order valence-electron chi connectivity index (χ1n) is 9.91. The Morgan fingerprint density at radius 1 is 0.969 bits per heavy atom. The zero-order chi connectivity index (χ0) is 22.7. The lowest BCUT2D eigenvalue weighted by Gasteiger charge is -2.28. The second kappa shape index (κ2) is 9.44. The highest BCUT2D eigenvalue weighted by atomic mass is 35.5. The minimum atomic E-state index is -2.95. The molecule has 1 aliphatic heterocycles. The Kier molecular flexibility index (Phi) is 6.64. The average molecular weight is 491 g/mol. The normalized spacial score (nSPS) is 15.4. The van der Waals surface area contributed by atoms with Gasteiger partial charge in [0.25, 0.3) is 0 Å². The van der Waals surface area contributed by atoms with E-state index in [1.165, 1.54) is 0 Å². The van der Waals surface area contributed by atoms with Crippen molar-refractivity contribution in [2.75, 3.05) is 34.8 Å². The molecule has 32 heavy (non-hydrogen) atoms. The zero-order valence-electron chi connectivity index (χ0n) is 17.0. The summed E-state index contributed by atoms with van der Waals surface area (Å²) in [4.78, 5) is 23.4. The van der Waals surface area contributed by atoms with Crippen molar-refractivity contribution in [3.63, 3.8) is 0 Å². The molecule has 1 aliphatic rings. The fraction of sp³-hybridized carbons (Fsp3) is 0.227. The van der Waals surface area contributed by atoms with Crippen LogP contribution >= 0.6 is 23.2 Å². The SMILES string of the molecule is O=C(Cc1ccnc(Nc2cc(N3CCS(=O)(=O)CC3)ccn2)c1)c1c(Cl)cccc1Cl. The van der Waals surface area contributed by atoms with Crippen molar-refractivity contribution in [3.05, 3.63) is 76.0 Å². The van der Waals surface area contributed by atoms with Gasteiger partial charge >= 0.3 is 0 Å². The van der Waals surface area contributed by atoms with Crippen molar-refractivity contribution in [1.29, 1.82) is 0 Å². The van der Waals surface area contributed by atoms with Gasteiger partial charge in [0.2, 0.25) is 0 Å². The molecule has 0 atom stereocenters. The molecule has 1 saturated heterocycles. The number of sulfone groups is 1. The Labute approximate surface area is 196 Å². The summed E-state index contributed by atoms with van der Waals surface area (Å²) in [5.41, 5.74) is 1.94. The predicted octanol–water partition coefficient (Wildman–Crippen LogP) is 4.19. The molecule has 1 N–H and O–H groups in total. The highest BCUT2D eigenvalue weighted by Crippen LogP contribution is 2.26. The molecular formula is C22H20Cl2N4O3S. The van der Waals surface area contributed by atoms with Crippen LogP contribution in [0.25, 0.3) is 0 Å². The van der Waals surface area contributed by atoms with Gasteiger partial charge in [0.05, 0.1) is 27.1 Å². The molecular weight excluding hydrogens is 471 g/mol. The van der Waals surface area contributed by atoms with Gasteiger partial charge < -0.3 is 10.2 Å². The van der Waals surface area contributed by atoms with Crippen LogP contribution in [0.5, 0.6) is 0 Å². The van der Waals surface area contributed by atoms with Crippen molar-refractivity contribution < 1.29 is 13.2 Å². The van der Waals surface area contributed by atoms with Crippen molar-refractivity contribution in [2.24, 2.45) is 0 Å². The number of ketones is 1. The maximum absolute atomic E-state index is 12.7. The molecule has 10 heteroatoms. The van der Waals surface area contributed by atoms with Gasteiger partial charge in [-0.25, -0.2) is 18.4 Å². The van der Waals surface area contributed by atoms with Crippen LogP contribution in [0.1, 0.15) is 15.9 Å². The van der Waals surface area contributed by atoms with E-state index in [-0.39, 0.29) is 23.7 Å². The third-order valence-electron chi connectivity index (χ3n) is 5.14. The number of carbonyl (C=O) groups is 1. The Hall–Kier alpha value is -2.68. The molecule has 1 aromatic carbocycles. The van der Waals surface area contributed by atoms with E-state index in [2.05, 4.69) is 15.3 Å². The van der Waals surface area contributed by atoms with E-state index in [0.717, 1.165) is 11.3 Å². The predicted molar refractivity (Wildman–Crippen MR) is 127 cm³/mol. The number of Topliss-reactive ketones (excluding diaryl/α,β-unsaturated/α-hetero) is 1. The second-order valence-corrected chi connectivity index (χ2v) is 10.5. The van der Waals surface area contributed by atoms with E-state index in [4.69, 9.17) is 23.2 Å². The summed E-state index contributed by atoms with van der Waals surface area (Å²) >= 11 is 12.3. The maximum Gasteiger partial charge on any atom is 0.170 e. The smallest absolute Gasteiger partial charge is 0.170 e. The topological polar surface area (TPSA) is 92.3 Å². The molecule has 3 aromatic rings. The van der Waals surface area contributed by atoms with Gasteiger partial charge in [0.1, 0.15) is 11.6 Å². The van der Waals surface area contributed by atoms with E-state index >= 15 is 0 Å². The molecule has 3 heterocycles. The lowest BCUT2D eigenvalue weighted by atomic mass is 10.0. The first-order chi connectivity index (χ1) is 15.3. The number of carbonyl (C=O) groups excluding carboxylic acids is 1. The highest BCUT2D eigenvalue weighted by Gasteiger charge is 2.22. The van der Waals surface area contributed by atoms with Gasteiger partial charge in [-0.15, -0.1) is 0 Å². The Balaban J connectivity index is 1.47. The molecule has 0 spiro atoms. The van der Waals surface area contributed by atoms with Crippen LogP contribution < -0.4 is 10.2 Å². The number of hydrogen-bond acceptors (Lipinski definition) is 7. The number of anilines is 3. The number of benzene rings is 1. The third kappa shape index (κ3) is 5.38. The number of nitrogens with one attached hydrogen (secondary N) is 1. The summed E-state index contributed by atoms with van der Waals surface area (Å²) in [6, 6.07) is 12.2. The van der Waals surface area contributed by atoms with Crippen LogP contribution in [0.3, 0.4) is 0 Å². The number of halogens is 2.